The van der Waals surface area contributed by atoms with E-state index in [2.05, 4.69) is 15.4 Å². The summed E-state index contributed by atoms with van der Waals surface area (Å²) in [5.41, 5.74) is -0.0483. The van der Waals surface area contributed by atoms with E-state index in [4.69, 9.17) is 0 Å². The molecule has 1 saturated heterocycles. The zero-order valence-electron chi connectivity index (χ0n) is 11.7. The number of halogens is 3. The Kier molecular flexibility index (Phi) is 3.71. The lowest BCUT2D eigenvalue weighted by Gasteiger charge is -2.30. The second kappa shape index (κ2) is 5.51. The van der Waals surface area contributed by atoms with E-state index < -0.39 is 23.4 Å². The largest absolute Gasteiger partial charge is 0.354 e. The molecule has 21 heavy (non-hydrogen) atoms. The lowest BCUT2D eigenvalue weighted by atomic mass is 10.1. The summed E-state index contributed by atoms with van der Waals surface area (Å²) in [4.78, 5) is 6.04. The summed E-state index contributed by atoms with van der Waals surface area (Å²) in [5.74, 6) is -2.89. The summed E-state index contributed by atoms with van der Waals surface area (Å²) in [6, 6.07) is 0. The fourth-order valence-corrected chi connectivity index (χ4v) is 2.59. The highest BCUT2D eigenvalue weighted by Crippen LogP contribution is 2.26. The van der Waals surface area contributed by atoms with Crippen LogP contribution < -0.4 is 10.2 Å². The lowest BCUT2D eigenvalue weighted by molar-refractivity contribution is 0.475. The Hall–Kier alpha value is -1.83. The molecule has 3 heterocycles. The van der Waals surface area contributed by atoms with Crippen LogP contribution in [0.2, 0.25) is 0 Å². The molecule has 1 aliphatic heterocycles. The van der Waals surface area contributed by atoms with Crippen LogP contribution in [0.25, 0.3) is 5.65 Å². The van der Waals surface area contributed by atoms with Gasteiger partial charge in [-0.25, -0.2) is 4.98 Å². The maximum absolute atomic E-state index is 14.5. The number of hydrogen-bond acceptors (Lipinski definition) is 4. The predicted molar refractivity (Wildman–Crippen MR) is 71.9 cm³/mol. The van der Waals surface area contributed by atoms with Crippen LogP contribution in [0.3, 0.4) is 0 Å². The van der Waals surface area contributed by atoms with Crippen LogP contribution >= 0.6 is 0 Å². The van der Waals surface area contributed by atoms with Gasteiger partial charge in [0.25, 0.3) is 5.95 Å². The standard InChI is InChI=1S/C13H16F3N5/c1-2-3-8-11(16)21-13(9(14)10(15)19-21)18-12(8)20-6-4-17-5-7-20/h17H,2-7H2,1H3. The van der Waals surface area contributed by atoms with Crippen molar-refractivity contribution in [1.82, 2.24) is 19.9 Å². The molecule has 5 nitrogen and oxygen atoms in total. The van der Waals surface area contributed by atoms with Gasteiger partial charge < -0.3 is 10.2 Å². The van der Waals surface area contributed by atoms with E-state index in [9.17, 15) is 13.2 Å². The van der Waals surface area contributed by atoms with Gasteiger partial charge in [-0.05, 0) is 6.42 Å². The summed E-state index contributed by atoms with van der Waals surface area (Å²) in [6.07, 6.45) is 1.15. The molecular formula is C13H16F3N5. The average Bonchev–Trinajstić information content (AvgIpc) is 2.79. The first-order valence-corrected chi connectivity index (χ1v) is 7.01. The Morgan fingerprint density at radius 1 is 1.19 bits per heavy atom. The average molecular weight is 299 g/mol. The van der Waals surface area contributed by atoms with E-state index in [1.54, 1.807) is 0 Å². The fraction of sp³-hybridized carbons (Fsp3) is 0.538. The molecule has 0 spiro atoms. The Morgan fingerprint density at radius 2 is 1.90 bits per heavy atom. The zero-order chi connectivity index (χ0) is 15.0. The second-order valence-corrected chi connectivity index (χ2v) is 5.03. The van der Waals surface area contributed by atoms with E-state index >= 15 is 0 Å². The highest BCUT2D eigenvalue weighted by molar-refractivity contribution is 5.54. The Morgan fingerprint density at radius 3 is 2.57 bits per heavy atom. The molecule has 0 amide bonds. The van der Waals surface area contributed by atoms with Crippen molar-refractivity contribution in [2.45, 2.75) is 19.8 Å². The van der Waals surface area contributed by atoms with E-state index in [1.807, 2.05) is 11.8 Å². The van der Waals surface area contributed by atoms with Gasteiger partial charge in [0.2, 0.25) is 11.8 Å². The molecule has 1 aliphatic rings. The SMILES string of the molecule is CCCc1c(N2CCNCC2)nc2c(F)c(F)nn2c1F. The molecule has 0 radical (unpaired) electrons. The third-order valence-corrected chi connectivity index (χ3v) is 3.60. The highest BCUT2D eigenvalue weighted by atomic mass is 19.2. The molecule has 1 N–H and O–H groups in total. The molecule has 0 aliphatic carbocycles. The molecule has 2 aromatic heterocycles. The number of aromatic nitrogens is 3. The number of nitrogens with zero attached hydrogens (tertiary/aromatic N) is 4. The first-order valence-electron chi connectivity index (χ1n) is 7.01. The number of nitrogens with one attached hydrogen (secondary N) is 1. The van der Waals surface area contributed by atoms with Gasteiger partial charge in [0, 0.05) is 31.7 Å². The molecule has 0 unspecified atom stereocenters. The van der Waals surface area contributed by atoms with Gasteiger partial charge >= 0.3 is 0 Å². The van der Waals surface area contributed by atoms with E-state index in [0.29, 0.717) is 41.8 Å². The van der Waals surface area contributed by atoms with Crippen LogP contribution in [0.5, 0.6) is 0 Å². The van der Waals surface area contributed by atoms with Crippen molar-refractivity contribution in [3.63, 3.8) is 0 Å². The van der Waals surface area contributed by atoms with Crippen LogP contribution in [0.15, 0.2) is 0 Å². The first-order chi connectivity index (χ1) is 10.1. The molecule has 0 bridgehead atoms. The lowest BCUT2D eigenvalue weighted by Crippen LogP contribution is -2.44. The number of hydrogen-bond donors (Lipinski definition) is 1. The molecular weight excluding hydrogens is 283 g/mol. The minimum Gasteiger partial charge on any atom is -0.354 e. The van der Waals surface area contributed by atoms with Crippen LogP contribution in [-0.2, 0) is 6.42 Å². The van der Waals surface area contributed by atoms with Crippen LogP contribution in [0.1, 0.15) is 18.9 Å². The Balaban J connectivity index is 2.19. The summed E-state index contributed by atoms with van der Waals surface area (Å²) in [5, 5.41) is 6.44. The summed E-state index contributed by atoms with van der Waals surface area (Å²) in [7, 11) is 0. The fourth-order valence-electron chi connectivity index (χ4n) is 2.59. The third kappa shape index (κ3) is 2.33. The smallest absolute Gasteiger partial charge is 0.271 e. The number of fused-ring (bicyclic) bond motifs is 1. The monoisotopic (exact) mass is 299 g/mol. The van der Waals surface area contributed by atoms with Crippen molar-refractivity contribution in [1.29, 1.82) is 0 Å². The first kappa shape index (κ1) is 14.1. The molecule has 8 heteroatoms. The minimum absolute atomic E-state index is 0.356. The highest BCUT2D eigenvalue weighted by Gasteiger charge is 2.25. The van der Waals surface area contributed by atoms with Gasteiger partial charge in [0.15, 0.2) is 5.65 Å². The number of anilines is 1. The number of piperazine rings is 1. The Labute approximate surface area is 119 Å². The van der Waals surface area contributed by atoms with Gasteiger partial charge in [-0.2, -0.15) is 17.7 Å². The van der Waals surface area contributed by atoms with E-state index in [-0.39, 0.29) is 0 Å². The number of rotatable bonds is 3. The van der Waals surface area contributed by atoms with Crippen LogP contribution in [-0.4, -0.2) is 40.8 Å². The summed E-state index contributed by atoms with van der Waals surface area (Å²) >= 11 is 0. The van der Waals surface area contributed by atoms with Crippen LogP contribution in [0, 0.1) is 17.7 Å². The minimum atomic E-state index is -1.33. The molecule has 2 aromatic rings. The summed E-state index contributed by atoms with van der Waals surface area (Å²) < 4.78 is 42.1. The molecule has 114 valence electrons. The van der Waals surface area contributed by atoms with Crippen molar-refractivity contribution >= 4 is 11.5 Å². The van der Waals surface area contributed by atoms with Gasteiger partial charge in [0.05, 0.1) is 0 Å². The van der Waals surface area contributed by atoms with Crippen molar-refractivity contribution in [2.75, 3.05) is 31.1 Å². The van der Waals surface area contributed by atoms with E-state index in [0.717, 1.165) is 13.1 Å². The van der Waals surface area contributed by atoms with Crippen molar-refractivity contribution < 1.29 is 13.2 Å². The van der Waals surface area contributed by atoms with Gasteiger partial charge in [-0.3, -0.25) is 0 Å². The van der Waals surface area contributed by atoms with Crippen LogP contribution in [0.4, 0.5) is 19.0 Å². The third-order valence-electron chi connectivity index (χ3n) is 3.60. The topological polar surface area (TPSA) is 45.5 Å². The molecule has 3 rings (SSSR count). The molecule has 0 saturated carbocycles. The normalized spacial score (nSPS) is 15.9. The van der Waals surface area contributed by atoms with Gasteiger partial charge in [-0.1, -0.05) is 13.3 Å². The Bertz CT molecular complexity index is 664. The quantitative estimate of drug-likeness (QED) is 0.873. The van der Waals surface area contributed by atoms with Gasteiger partial charge in [-0.15, -0.1) is 5.10 Å². The van der Waals surface area contributed by atoms with Crippen molar-refractivity contribution in [2.24, 2.45) is 0 Å². The van der Waals surface area contributed by atoms with Crippen molar-refractivity contribution in [3.8, 4) is 0 Å². The molecule has 1 fully saturated rings. The van der Waals surface area contributed by atoms with Gasteiger partial charge in [0.1, 0.15) is 5.82 Å². The predicted octanol–water partition coefficient (Wildman–Crippen LogP) is 1.51. The van der Waals surface area contributed by atoms with E-state index in [1.165, 1.54) is 0 Å². The maximum Gasteiger partial charge on any atom is 0.271 e. The molecule has 0 aromatic carbocycles. The van der Waals surface area contributed by atoms with Crippen molar-refractivity contribution in [3.05, 3.63) is 23.3 Å². The second-order valence-electron chi connectivity index (χ2n) is 5.03. The maximum atomic E-state index is 14.5. The zero-order valence-corrected chi connectivity index (χ0v) is 11.7. The summed E-state index contributed by atoms with van der Waals surface area (Å²) in [6.45, 7) is 4.71. The molecule has 0 atom stereocenters.